The molecule has 1 heterocycles. The first-order valence-corrected chi connectivity index (χ1v) is 6.63. The summed E-state index contributed by atoms with van der Waals surface area (Å²) >= 11 is 0. The normalized spacial score (nSPS) is 32.4. The molecule has 1 unspecified atom stereocenters. The number of nitrogens with one attached hydrogen (secondary N) is 1. The molecule has 0 bridgehead atoms. The Morgan fingerprint density at radius 2 is 2.00 bits per heavy atom. The minimum Gasteiger partial charge on any atom is -0.389 e. The van der Waals surface area contributed by atoms with Crippen molar-refractivity contribution < 1.29 is 14.6 Å². The molecule has 0 aromatic rings. The van der Waals surface area contributed by atoms with E-state index in [0.717, 1.165) is 32.1 Å². The van der Waals surface area contributed by atoms with Gasteiger partial charge in [-0.25, -0.2) is 0 Å². The third-order valence-electron chi connectivity index (χ3n) is 3.93. The van der Waals surface area contributed by atoms with Crippen LogP contribution in [0.5, 0.6) is 0 Å². The Balaban J connectivity index is 1.84. The predicted octanol–water partition coefficient (Wildman–Crippen LogP) is 1.37. The summed E-state index contributed by atoms with van der Waals surface area (Å²) in [7, 11) is 0. The summed E-state index contributed by atoms with van der Waals surface area (Å²) in [5.74, 6) is -0.0394. The standard InChI is InChI=1S/C13H23NO3/c1-12(7-8-17-10-12)14-11(15)9-13(16)5-3-2-4-6-13/h16H,2-10H2,1H3,(H,14,15). The van der Waals surface area contributed by atoms with Crippen molar-refractivity contribution in [3.8, 4) is 0 Å². The molecule has 2 fully saturated rings. The molecule has 1 saturated heterocycles. The van der Waals surface area contributed by atoms with E-state index in [9.17, 15) is 9.90 Å². The lowest BCUT2D eigenvalue weighted by Crippen LogP contribution is -2.49. The highest BCUT2D eigenvalue weighted by Gasteiger charge is 2.36. The SMILES string of the molecule is CC1(NC(=O)CC2(O)CCCCC2)CCOC1. The molecule has 1 saturated carbocycles. The van der Waals surface area contributed by atoms with Crippen molar-refractivity contribution in [2.75, 3.05) is 13.2 Å². The predicted molar refractivity (Wildman–Crippen MR) is 64.6 cm³/mol. The van der Waals surface area contributed by atoms with E-state index in [4.69, 9.17) is 4.74 Å². The van der Waals surface area contributed by atoms with Gasteiger partial charge in [0, 0.05) is 6.61 Å². The van der Waals surface area contributed by atoms with E-state index in [2.05, 4.69) is 5.32 Å². The topological polar surface area (TPSA) is 58.6 Å². The highest BCUT2D eigenvalue weighted by Crippen LogP contribution is 2.31. The fraction of sp³-hybridized carbons (Fsp3) is 0.923. The average molecular weight is 241 g/mol. The molecule has 0 spiro atoms. The van der Waals surface area contributed by atoms with Crippen molar-refractivity contribution in [3.05, 3.63) is 0 Å². The van der Waals surface area contributed by atoms with E-state index in [-0.39, 0.29) is 17.9 Å². The van der Waals surface area contributed by atoms with E-state index in [0.29, 0.717) is 13.2 Å². The van der Waals surface area contributed by atoms with Gasteiger partial charge in [0.15, 0.2) is 0 Å². The van der Waals surface area contributed by atoms with Crippen molar-refractivity contribution in [1.29, 1.82) is 0 Å². The van der Waals surface area contributed by atoms with E-state index >= 15 is 0 Å². The summed E-state index contributed by atoms with van der Waals surface area (Å²) in [5, 5.41) is 13.3. The molecule has 1 aliphatic heterocycles. The molecule has 4 heteroatoms. The Labute approximate surface area is 103 Å². The third-order valence-corrected chi connectivity index (χ3v) is 3.93. The molecule has 2 rings (SSSR count). The number of carbonyl (C=O) groups is 1. The van der Waals surface area contributed by atoms with E-state index < -0.39 is 5.60 Å². The van der Waals surface area contributed by atoms with Crippen LogP contribution >= 0.6 is 0 Å². The largest absolute Gasteiger partial charge is 0.389 e. The summed E-state index contributed by atoms with van der Waals surface area (Å²) in [5.41, 5.74) is -1.000. The minimum atomic E-state index is -0.766. The van der Waals surface area contributed by atoms with Gasteiger partial charge >= 0.3 is 0 Å². The molecule has 17 heavy (non-hydrogen) atoms. The zero-order chi connectivity index (χ0) is 12.4. The maximum Gasteiger partial charge on any atom is 0.223 e. The highest BCUT2D eigenvalue weighted by molar-refractivity contribution is 5.77. The van der Waals surface area contributed by atoms with Gasteiger partial charge in [0.1, 0.15) is 0 Å². The molecular weight excluding hydrogens is 218 g/mol. The van der Waals surface area contributed by atoms with Gasteiger partial charge in [-0.3, -0.25) is 4.79 Å². The smallest absolute Gasteiger partial charge is 0.223 e. The molecular formula is C13H23NO3. The maximum absolute atomic E-state index is 12.0. The van der Waals surface area contributed by atoms with Crippen molar-refractivity contribution in [3.63, 3.8) is 0 Å². The zero-order valence-corrected chi connectivity index (χ0v) is 10.6. The number of hydrogen-bond donors (Lipinski definition) is 2. The van der Waals surface area contributed by atoms with E-state index in [1.807, 2.05) is 6.92 Å². The van der Waals surface area contributed by atoms with Crippen LogP contribution in [0, 0.1) is 0 Å². The number of hydrogen-bond acceptors (Lipinski definition) is 3. The van der Waals surface area contributed by atoms with Crippen LogP contribution in [0.1, 0.15) is 51.9 Å². The molecule has 2 aliphatic rings. The first kappa shape index (κ1) is 12.8. The second-order valence-electron chi connectivity index (χ2n) is 5.87. The maximum atomic E-state index is 12.0. The first-order chi connectivity index (χ1) is 8.02. The average Bonchev–Trinajstić information content (AvgIpc) is 2.64. The van der Waals surface area contributed by atoms with Crippen molar-refractivity contribution in [1.82, 2.24) is 5.32 Å². The molecule has 0 aromatic heterocycles. The van der Waals surface area contributed by atoms with Crippen molar-refractivity contribution in [2.45, 2.75) is 63.0 Å². The second kappa shape index (κ2) is 4.94. The Kier molecular flexibility index (Phi) is 3.73. The van der Waals surface area contributed by atoms with Gasteiger partial charge in [0.2, 0.25) is 5.91 Å². The number of amides is 1. The Hall–Kier alpha value is -0.610. The fourth-order valence-electron chi connectivity index (χ4n) is 2.83. The number of rotatable bonds is 3. The van der Waals surface area contributed by atoms with Crippen LogP contribution in [0.15, 0.2) is 0 Å². The van der Waals surface area contributed by atoms with Crippen LogP contribution in [-0.4, -0.2) is 35.4 Å². The molecule has 2 N–H and O–H groups in total. The molecule has 0 aromatic carbocycles. The van der Waals surface area contributed by atoms with Gasteiger partial charge in [0.05, 0.1) is 24.2 Å². The Morgan fingerprint density at radius 3 is 2.59 bits per heavy atom. The van der Waals surface area contributed by atoms with Crippen molar-refractivity contribution >= 4 is 5.91 Å². The highest BCUT2D eigenvalue weighted by atomic mass is 16.5. The second-order valence-corrected chi connectivity index (χ2v) is 5.87. The lowest BCUT2D eigenvalue weighted by molar-refractivity contribution is -0.129. The summed E-state index contributed by atoms with van der Waals surface area (Å²) in [6.07, 6.45) is 5.85. The molecule has 98 valence electrons. The Morgan fingerprint density at radius 1 is 1.29 bits per heavy atom. The molecule has 1 amide bonds. The lowest BCUT2D eigenvalue weighted by Gasteiger charge is -2.33. The van der Waals surface area contributed by atoms with Gasteiger partial charge in [-0.1, -0.05) is 19.3 Å². The molecule has 1 atom stereocenters. The quantitative estimate of drug-likeness (QED) is 0.784. The Bertz CT molecular complexity index is 278. The van der Waals surface area contributed by atoms with Crippen molar-refractivity contribution in [2.24, 2.45) is 0 Å². The summed E-state index contributed by atoms with van der Waals surface area (Å²) in [4.78, 5) is 12.0. The van der Waals surface area contributed by atoms with Crippen LogP contribution in [0.3, 0.4) is 0 Å². The fourth-order valence-corrected chi connectivity index (χ4v) is 2.83. The van der Waals surface area contributed by atoms with E-state index in [1.165, 1.54) is 6.42 Å². The number of carbonyl (C=O) groups excluding carboxylic acids is 1. The molecule has 4 nitrogen and oxygen atoms in total. The van der Waals surface area contributed by atoms with Gasteiger partial charge in [0.25, 0.3) is 0 Å². The van der Waals surface area contributed by atoms with E-state index in [1.54, 1.807) is 0 Å². The summed E-state index contributed by atoms with van der Waals surface area (Å²) in [6.45, 7) is 3.29. The molecule has 1 aliphatic carbocycles. The molecule has 0 radical (unpaired) electrons. The zero-order valence-electron chi connectivity index (χ0n) is 10.6. The number of ether oxygens (including phenoxy) is 1. The lowest BCUT2D eigenvalue weighted by atomic mass is 9.82. The minimum absolute atomic E-state index is 0.0394. The van der Waals surface area contributed by atoms with Crippen LogP contribution in [0.4, 0.5) is 0 Å². The monoisotopic (exact) mass is 241 g/mol. The van der Waals surface area contributed by atoms with Crippen LogP contribution in [0.25, 0.3) is 0 Å². The van der Waals surface area contributed by atoms with Gasteiger partial charge in [-0.2, -0.15) is 0 Å². The summed E-state index contributed by atoms with van der Waals surface area (Å²) < 4.78 is 5.30. The summed E-state index contributed by atoms with van der Waals surface area (Å²) in [6, 6.07) is 0. The number of aliphatic hydroxyl groups is 1. The van der Waals surface area contributed by atoms with Crippen LogP contribution < -0.4 is 5.32 Å². The van der Waals surface area contributed by atoms with Crippen LogP contribution in [-0.2, 0) is 9.53 Å². The van der Waals surface area contributed by atoms with Crippen LogP contribution in [0.2, 0.25) is 0 Å². The third kappa shape index (κ3) is 3.42. The van der Waals surface area contributed by atoms with Gasteiger partial charge < -0.3 is 15.2 Å². The van der Waals surface area contributed by atoms with Gasteiger partial charge in [-0.15, -0.1) is 0 Å². The van der Waals surface area contributed by atoms with Gasteiger partial charge in [-0.05, 0) is 26.2 Å². The first-order valence-electron chi connectivity index (χ1n) is 6.63.